The lowest BCUT2D eigenvalue weighted by molar-refractivity contribution is -0.145. The van der Waals surface area contributed by atoms with Crippen LogP contribution in [0.5, 0.6) is 11.5 Å². The van der Waals surface area contributed by atoms with E-state index in [4.69, 9.17) is 9.47 Å². The lowest BCUT2D eigenvalue weighted by Crippen LogP contribution is -2.55. The SMILES string of the molecule is Cc1ccccc1SCC(=O)N1CCN(C(=O)C2COc3ccccc3O2)CC1. The second kappa shape index (κ2) is 8.78. The molecule has 0 bridgehead atoms. The second-order valence-electron chi connectivity index (χ2n) is 7.12. The summed E-state index contributed by atoms with van der Waals surface area (Å²) in [5.74, 6) is 1.70. The van der Waals surface area contributed by atoms with Crippen molar-refractivity contribution in [1.29, 1.82) is 0 Å². The summed E-state index contributed by atoms with van der Waals surface area (Å²) in [4.78, 5) is 30.1. The Hall–Kier alpha value is -2.67. The van der Waals surface area contributed by atoms with E-state index in [1.54, 1.807) is 22.7 Å². The summed E-state index contributed by atoms with van der Waals surface area (Å²) in [7, 11) is 0. The summed E-state index contributed by atoms with van der Waals surface area (Å²) in [6.07, 6.45) is -0.635. The third kappa shape index (κ3) is 4.50. The molecule has 2 aromatic carbocycles. The molecule has 2 amide bonds. The minimum Gasteiger partial charge on any atom is -0.485 e. The van der Waals surface area contributed by atoms with Crippen LogP contribution in [0.1, 0.15) is 5.56 Å². The van der Waals surface area contributed by atoms with E-state index in [-0.39, 0.29) is 18.4 Å². The summed E-state index contributed by atoms with van der Waals surface area (Å²) in [6.45, 7) is 4.38. The number of amides is 2. The minimum absolute atomic E-state index is 0.0825. The van der Waals surface area contributed by atoms with E-state index < -0.39 is 6.10 Å². The van der Waals surface area contributed by atoms with Gasteiger partial charge in [-0.3, -0.25) is 9.59 Å². The first-order valence-electron chi connectivity index (χ1n) is 9.75. The number of rotatable bonds is 4. The average molecular weight is 413 g/mol. The van der Waals surface area contributed by atoms with Crippen LogP contribution in [0, 0.1) is 6.92 Å². The molecule has 1 unspecified atom stereocenters. The van der Waals surface area contributed by atoms with Gasteiger partial charge in [0.25, 0.3) is 5.91 Å². The number of benzene rings is 2. The molecule has 2 aromatic rings. The van der Waals surface area contributed by atoms with Crippen LogP contribution >= 0.6 is 11.8 Å². The molecular weight excluding hydrogens is 388 g/mol. The standard InChI is InChI=1S/C22H24N2O4S/c1-16-6-2-5-9-20(16)29-15-21(25)23-10-12-24(13-11-23)22(26)19-14-27-17-7-3-4-8-18(17)28-19/h2-9,19H,10-15H2,1H3. The molecule has 6 nitrogen and oxygen atoms in total. The molecule has 0 saturated carbocycles. The van der Waals surface area contributed by atoms with Crippen LogP contribution in [-0.4, -0.2) is 66.3 Å². The molecule has 0 aromatic heterocycles. The van der Waals surface area contributed by atoms with E-state index >= 15 is 0 Å². The van der Waals surface area contributed by atoms with Crippen molar-refractivity contribution in [1.82, 2.24) is 9.80 Å². The quantitative estimate of drug-likeness (QED) is 0.723. The van der Waals surface area contributed by atoms with E-state index in [0.29, 0.717) is 43.4 Å². The van der Waals surface area contributed by atoms with Crippen LogP contribution in [0.3, 0.4) is 0 Å². The molecule has 4 rings (SSSR count). The Bertz CT molecular complexity index is 896. The highest BCUT2D eigenvalue weighted by Crippen LogP contribution is 2.31. The number of hydrogen-bond acceptors (Lipinski definition) is 5. The number of fused-ring (bicyclic) bond motifs is 1. The minimum atomic E-state index is -0.635. The number of carbonyl (C=O) groups excluding carboxylic acids is 2. The van der Waals surface area contributed by atoms with Gasteiger partial charge < -0.3 is 19.3 Å². The third-order valence-corrected chi connectivity index (χ3v) is 6.33. The van der Waals surface area contributed by atoms with Crippen LogP contribution in [0.25, 0.3) is 0 Å². The molecule has 0 radical (unpaired) electrons. The van der Waals surface area contributed by atoms with Gasteiger partial charge >= 0.3 is 0 Å². The first-order valence-corrected chi connectivity index (χ1v) is 10.7. The zero-order valence-corrected chi connectivity index (χ0v) is 17.2. The lowest BCUT2D eigenvalue weighted by Gasteiger charge is -2.37. The van der Waals surface area contributed by atoms with E-state index in [1.807, 2.05) is 54.3 Å². The maximum atomic E-state index is 12.8. The fraction of sp³-hybridized carbons (Fsp3) is 0.364. The Morgan fingerprint density at radius 1 is 0.966 bits per heavy atom. The Morgan fingerprint density at radius 3 is 2.38 bits per heavy atom. The largest absolute Gasteiger partial charge is 0.485 e. The Morgan fingerprint density at radius 2 is 1.62 bits per heavy atom. The van der Waals surface area contributed by atoms with E-state index in [9.17, 15) is 9.59 Å². The summed E-state index contributed by atoms with van der Waals surface area (Å²) in [5, 5.41) is 0. The van der Waals surface area contributed by atoms with Crippen molar-refractivity contribution < 1.29 is 19.1 Å². The predicted molar refractivity (Wildman–Crippen MR) is 111 cm³/mol. The van der Waals surface area contributed by atoms with Gasteiger partial charge in [0.2, 0.25) is 12.0 Å². The number of para-hydroxylation sites is 2. The second-order valence-corrected chi connectivity index (χ2v) is 8.14. The first-order chi connectivity index (χ1) is 14.1. The summed E-state index contributed by atoms with van der Waals surface area (Å²) in [5.41, 5.74) is 1.18. The van der Waals surface area contributed by atoms with Crippen molar-refractivity contribution in [2.24, 2.45) is 0 Å². The Labute approximate surface area is 174 Å². The number of ether oxygens (including phenoxy) is 2. The van der Waals surface area contributed by atoms with Gasteiger partial charge in [-0.2, -0.15) is 0 Å². The summed E-state index contributed by atoms with van der Waals surface area (Å²) in [6, 6.07) is 15.4. The zero-order valence-electron chi connectivity index (χ0n) is 16.4. The molecule has 7 heteroatoms. The van der Waals surface area contributed by atoms with E-state index in [2.05, 4.69) is 0 Å². The Kier molecular flexibility index (Phi) is 5.94. The molecule has 2 heterocycles. The van der Waals surface area contributed by atoms with Gasteiger partial charge in [-0.15, -0.1) is 11.8 Å². The van der Waals surface area contributed by atoms with Crippen molar-refractivity contribution in [2.45, 2.75) is 17.9 Å². The van der Waals surface area contributed by atoms with Gasteiger partial charge in [0, 0.05) is 31.1 Å². The maximum absolute atomic E-state index is 12.8. The molecule has 1 fully saturated rings. The summed E-state index contributed by atoms with van der Waals surface area (Å²) >= 11 is 1.56. The van der Waals surface area contributed by atoms with E-state index in [1.165, 1.54) is 5.56 Å². The Balaban J connectivity index is 1.26. The zero-order chi connectivity index (χ0) is 20.2. The number of thioether (sulfide) groups is 1. The number of nitrogens with zero attached hydrogens (tertiary/aromatic N) is 2. The van der Waals surface area contributed by atoms with Crippen LogP contribution in [0.15, 0.2) is 53.4 Å². The molecule has 1 atom stereocenters. The summed E-state index contributed by atoms with van der Waals surface area (Å²) < 4.78 is 11.5. The highest BCUT2D eigenvalue weighted by Gasteiger charge is 2.33. The van der Waals surface area contributed by atoms with Crippen molar-refractivity contribution in [2.75, 3.05) is 38.5 Å². The molecule has 152 valence electrons. The topological polar surface area (TPSA) is 59.1 Å². The monoisotopic (exact) mass is 412 g/mol. The molecule has 2 aliphatic heterocycles. The molecule has 1 saturated heterocycles. The number of carbonyl (C=O) groups is 2. The molecule has 0 aliphatic carbocycles. The normalized spacial score (nSPS) is 18.4. The van der Waals surface area contributed by atoms with Gasteiger partial charge in [-0.1, -0.05) is 30.3 Å². The van der Waals surface area contributed by atoms with Gasteiger partial charge in [0.05, 0.1) is 5.75 Å². The van der Waals surface area contributed by atoms with Crippen molar-refractivity contribution >= 4 is 23.6 Å². The molecule has 0 spiro atoms. The number of piperazine rings is 1. The maximum Gasteiger partial charge on any atom is 0.267 e. The fourth-order valence-electron chi connectivity index (χ4n) is 3.47. The van der Waals surface area contributed by atoms with Crippen LogP contribution in [0.4, 0.5) is 0 Å². The molecular formula is C22H24N2O4S. The van der Waals surface area contributed by atoms with Gasteiger partial charge in [0.1, 0.15) is 6.61 Å². The highest BCUT2D eigenvalue weighted by atomic mass is 32.2. The van der Waals surface area contributed by atoms with Crippen LogP contribution in [-0.2, 0) is 9.59 Å². The van der Waals surface area contributed by atoms with Crippen LogP contribution < -0.4 is 9.47 Å². The van der Waals surface area contributed by atoms with Crippen molar-refractivity contribution in [3.05, 3.63) is 54.1 Å². The van der Waals surface area contributed by atoms with Gasteiger partial charge in [-0.05, 0) is 30.7 Å². The van der Waals surface area contributed by atoms with E-state index in [0.717, 1.165) is 4.90 Å². The van der Waals surface area contributed by atoms with Crippen LogP contribution in [0.2, 0.25) is 0 Å². The number of aryl methyl sites for hydroxylation is 1. The smallest absolute Gasteiger partial charge is 0.267 e. The van der Waals surface area contributed by atoms with Gasteiger partial charge in [0.15, 0.2) is 11.5 Å². The molecule has 29 heavy (non-hydrogen) atoms. The molecule has 2 aliphatic rings. The highest BCUT2D eigenvalue weighted by molar-refractivity contribution is 8.00. The predicted octanol–water partition coefficient (Wildman–Crippen LogP) is 2.60. The van der Waals surface area contributed by atoms with Crippen molar-refractivity contribution in [3.8, 4) is 11.5 Å². The van der Waals surface area contributed by atoms with Gasteiger partial charge in [-0.25, -0.2) is 0 Å². The number of hydrogen-bond donors (Lipinski definition) is 0. The third-order valence-electron chi connectivity index (χ3n) is 5.17. The average Bonchev–Trinajstić information content (AvgIpc) is 2.77. The fourth-order valence-corrected chi connectivity index (χ4v) is 4.40. The molecule has 0 N–H and O–H groups in total. The van der Waals surface area contributed by atoms with Crippen molar-refractivity contribution in [3.63, 3.8) is 0 Å². The first kappa shape index (κ1) is 19.6. The lowest BCUT2D eigenvalue weighted by atomic mass is 10.2.